The fraction of sp³-hybridized carbons (Fsp3) is 1.00. The third-order valence-electron chi connectivity index (χ3n) is 5.48. The lowest BCUT2D eigenvalue weighted by Gasteiger charge is -2.49. The summed E-state index contributed by atoms with van der Waals surface area (Å²) in [5.74, 6) is 0.949. The number of hydrogen-bond acceptors (Lipinski definition) is 2. The van der Waals surface area contributed by atoms with E-state index >= 15 is 0 Å². The molecule has 0 aromatic heterocycles. The van der Waals surface area contributed by atoms with E-state index in [1.165, 1.54) is 45.1 Å². The third-order valence-corrected chi connectivity index (χ3v) is 5.48. The second kappa shape index (κ2) is 4.30. The largest absolute Gasteiger partial charge is 0.329 e. The highest BCUT2D eigenvalue weighted by Gasteiger charge is 2.50. The maximum absolute atomic E-state index is 6.14. The van der Waals surface area contributed by atoms with Crippen LogP contribution in [0.3, 0.4) is 0 Å². The monoisotopic (exact) mass is 224 g/mol. The van der Waals surface area contributed by atoms with Crippen LogP contribution in [0, 0.1) is 11.3 Å². The van der Waals surface area contributed by atoms with Crippen molar-refractivity contribution in [2.24, 2.45) is 17.1 Å². The summed E-state index contributed by atoms with van der Waals surface area (Å²) in [7, 11) is 2.30. The van der Waals surface area contributed by atoms with Crippen molar-refractivity contribution in [3.63, 3.8) is 0 Å². The van der Waals surface area contributed by atoms with Crippen LogP contribution in [0.4, 0.5) is 0 Å². The molecule has 2 nitrogen and oxygen atoms in total. The standard InChI is InChI=1S/C14H28N2/c1-13(2)8-5-9-14(13,11-15)16(3)10-12-6-4-7-12/h12H,4-11,15H2,1-3H3. The second-order valence-corrected chi connectivity index (χ2v) is 6.65. The zero-order valence-corrected chi connectivity index (χ0v) is 11.3. The summed E-state index contributed by atoms with van der Waals surface area (Å²) >= 11 is 0. The van der Waals surface area contributed by atoms with E-state index in [4.69, 9.17) is 5.73 Å². The molecule has 0 heterocycles. The van der Waals surface area contributed by atoms with E-state index in [1.807, 2.05) is 0 Å². The minimum atomic E-state index is 0.266. The summed E-state index contributed by atoms with van der Waals surface area (Å²) in [5.41, 5.74) is 6.79. The van der Waals surface area contributed by atoms with Gasteiger partial charge in [0.05, 0.1) is 0 Å². The van der Waals surface area contributed by atoms with Gasteiger partial charge in [-0.1, -0.05) is 26.7 Å². The Labute approximate surface area is 101 Å². The van der Waals surface area contributed by atoms with E-state index in [2.05, 4.69) is 25.8 Å². The quantitative estimate of drug-likeness (QED) is 0.795. The smallest absolute Gasteiger partial charge is 0.0379 e. The van der Waals surface area contributed by atoms with E-state index in [-0.39, 0.29) is 5.54 Å². The van der Waals surface area contributed by atoms with Crippen LogP contribution >= 0.6 is 0 Å². The maximum Gasteiger partial charge on any atom is 0.0379 e. The minimum absolute atomic E-state index is 0.266. The topological polar surface area (TPSA) is 29.3 Å². The number of hydrogen-bond donors (Lipinski definition) is 1. The molecule has 0 aliphatic heterocycles. The second-order valence-electron chi connectivity index (χ2n) is 6.65. The predicted octanol–water partition coefficient (Wildman–Crippen LogP) is 2.63. The van der Waals surface area contributed by atoms with Crippen LogP contribution in [-0.4, -0.2) is 30.6 Å². The minimum Gasteiger partial charge on any atom is -0.329 e. The van der Waals surface area contributed by atoms with Gasteiger partial charge in [-0.3, -0.25) is 4.90 Å². The van der Waals surface area contributed by atoms with Gasteiger partial charge >= 0.3 is 0 Å². The van der Waals surface area contributed by atoms with Gasteiger partial charge in [-0.05, 0) is 44.1 Å². The average molecular weight is 224 g/mol. The molecule has 0 spiro atoms. The maximum atomic E-state index is 6.14. The predicted molar refractivity (Wildman–Crippen MR) is 69.4 cm³/mol. The number of rotatable bonds is 4. The first-order valence-electron chi connectivity index (χ1n) is 6.93. The fourth-order valence-corrected chi connectivity index (χ4v) is 3.87. The lowest BCUT2D eigenvalue weighted by atomic mass is 9.73. The molecular formula is C14H28N2. The molecule has 2 saturated carbocycles. The zero-order valence-electron chi connectivity index (χ0n) is 11.3. The Balaban J connectivity index is 2.07. The summed E-state index contributed by atoms with van der Waals surface area (Å²) in [6.45, 7) is 6.90. The van der Waals surface area contributed by atoms with Gasteiger partial charge in [-0.2, -0.15) is 0 Å². The molecule has 94 valence electrons. The van der Waals surface area contributed by atoms with Crippen LogP contribution in [0.1, 0.15) is 52.4 Å². The molecular weight excluding hydrogens is 196 g/mol. The molecule has 0 aromatic carbocycles. The Kier molecular flexibility index (Phi) is 3.33. The van der Waals surface area contributed by atoms with Crippen LogP contribution in [0.2, 0.25) is 0 Å². The highest BCUT2D eigenvalue weighted by atomic mass is 15.2. The van der Waals surface area contributed by atoms with Crippen LogP contribution in [-0.2, 0) is 0 Å². The Bertz CT molecular complexity index is 245. The molecule has 0 aromatic rings. The van der Waals surface area contributed by atoms with Crippen molar-refractivity contribution < 1.29 is 0 Å². The van der Waals surface area contributed by atoms with E-state index < -0.39 is 0 Å². The summed E-state index contributed by atoms with van der Waals surface area (Å²) in [4.78, 5) is 2.60. The molecule has 2 N–H and O–H groups in total. The van der Waals surface area contributed by atoms with E-state index in [9.17, 15) is 0 Å². The zero-order chi connectivity index (χ0) is 11.8. The number of likely N-dealkylation sites (N-methyl/N-ethyl adjacent to an activating group) is 1. The molecule has 1 unspecified atom stereocenters. The Morgan fingerprint density at radius 2 is 1.88 bits per heavy atom. The SMILES string of the molecule is CN(CC1CCC1)C1(CN)CCCC1(C)C. The lowest BCUT2D eigenvalue weighted by molar-refractivity contribution is 0.0130. The van der Waals surface area contributed by atoms with E-state index in [0.717, 1.165) is 12.5 Å². The molecule has 0 radical (unpaired) electrons. The van der Waals surface area contributed by atoms with Crippen molar-refractivity contribution in [1.82, 2.24) is 4.90 Å². The lowest BCUT2D eigenvalue weighted by Crippen LogP contribution is -2.59. The van der Waals surface area contributed by atoms with Crippen molar-refractivity contribution in [2.75, 3.05) is 20.1 Å². The van der Waals surface area contributed by atoms with Gasteiger partial charge < -0.3 is 5.73 Å². The molecule has 0 bridgehead atoms. The van der Waals surface area contributed by atoms with Gasteiger partial charge in [-0.15, -0.1) is 0 Å². The number of nitrogens with two attached hydrogens (primary N) is 1. The van der Waals surface area contributed by atoms with E-state index in [1.54, 1.807) is 0 Å². The molecule has 2 heteroatoms. The van der Waals surface area contributed by atoms with Crippen molar-refractivity contribution in [3.8, 4) is 0 Å². The van der Waals surface area contributed by atoms with E-state index in [0.29, 0.717) is 5.41 Å². The molecule has 2 fully saturated rings. The van der Waals surface area contributed by atoms with Gasteiger partial charge in [0.25, 0.3) is 0 Å². The molecule has 16 heavy (non-hydrogen) atoms. The fourth-order valence-electron chi connectivity index (χ4n) is 3.87. The highest BCUT2D eigenvalue weighted by molar-refractivity contribution is 5.06. The summed E-state index contributed by atoms with van der Waals surface area (Å²) < 4.78 is 0. The van der Waals surface area contributed by atoms with Gasteiger partial charge in [0.1, 0.15) is 0 Å². The number of nitrogens with zero attached hydrogens (tertiary/aromatic N) is 1. The summed E-state index contributed by atoms with van der Waals surface area (Å²) in [6.07, 6.45) is 8.28. The van der Waals surface area contributed by atoms with Gasteiger partial charge in [0.2, 0.25) is 0 Å². The van der Waals surface area contributed by atoms with Gasteiger partial charge in [0, 0.05) is 18.6 Å². The first kappa shape index (κ1) is 12.4. The molecule has 0 saturated heterocycles. The summed E-state index contributed by atoms with van der Waals surface area (Å²) in [5, 5.41) is 0. The Morgan fingerprint density at radius 3 is 2.25 bits per heavy atom. The molecule has 2 aliphatic carbocycles. The van der Waals surface area contributed by atoms with Crippen molar-refractivity contribution in [3.05, 3.63) is 0 Å². The highest BCUT2D eigenvalue weighted by Crippen LogP contribution is 2.49. The Morgan fingerprint density at radius 1 is 1.19 bits per heavy atom. The molecule has 2 aliphatic rings. The third kappa shape index (κ3) is 1.80. The van der Waals surface area contributed by atoms with Gasteiger partial charge in [-0.25, -0.2) is 0 Å². The van der Waals surface area contributed by atoms with Crippen LogP contribution < -0.4 is 5.73 Å². The molecule has 2 rings (SSSR count). The molecule has 0 amide bonds. The van der Waals surface area contributed by atoms with Gasteiger partial charge in [0.15, 0.2) is 0 Å². The first-order chi connectivity index (χ1) is 7.52. The Hall–Kier alpha value is -0.0800. The average Bonchev–Trinajstić information content (AvgIpc) is 2.47. The van der Waals surface area contributed by atoms with Crippen LogP contribution in [0.15, 0.2) is 0 Å². The summed E-state index contributed by atoms with van der Waals surface area (Å²) in [6, 6.07) is 0. The first-order valence-corrected chi connectivity index (χ1v) is 6.93. The van der Waals surface area contributed by atoms with Crippen LogP contribution in [0.5, 0.6) is 0 Å². The van der Waals surface area contributed by atoms with Crippen LogP contribution in [0.25, 0.3) is 0 Å². The normalized spacial score (nSPS) is 34.3. The van der Waals surface area contributed by atoms with Crippen molar-refractivity contribution in [2.45, 2.75) is 57.9 Å². The van der Waals surface area contributed by atoms with Crippen molar-refractivity contribution in [1.29, 1.82) is 0 Å². The van der Waals surface area contributed by atoms with Crippen molar-refractivity contribution >= 4 is 0 Å². The molecule has 1 atom stereocenters.